The van der Waals surface area contributed by atoms with Crippen molar-refractivity contribution in [2.75, 3.05) is 0 Å². The molecular weight excluding hydrogens is 404 g/mol. The minimum absolute atomic E-state index is 0.0570. The van der Waals surface area contributed by atoms with Gasteiger partial charge < -0.3 is 19.0 Å². The molecule has 1 N–H and O–H groups in total. The highest BCUT2D eigenvalue weighted by molar-refractivity contribution is 5.88. The van der Waals surface area contributed by atoms with E-state index in [4.69, 9.17) is 20.3 Å². The van der Waals surface area contributed by atoms with Gasteiger partial charge in [-0.15, -0.1) is 6.42 Å². The summed E-state index contributed by atoms with van der Waals surface area (Å²) in [5.41, 5.74) is 0.328. The van der Waals surface area contributed by atoms with Gasteiger partial charge in [0.2, 0.25) is 11.2 Å². The van der Waals surface area contributed by atoms with Crippen molar-refractivity contribution in [2.24, 2.45) is 0 Å². The predicted molar refractivity (Wildman–Crippen MR) is 124 cm³/mol. The van der Waals surface area contributed by atoms with Gasteiger partial charge in [-0.3, -0.25) is 4.79 Å². The van der Waals surface area contributed by atoms with Gasteiger partial charge in [0, 0.05) is 17.7 Å². The Morgan fingerprint density at radius 2 is 1.69 bits per heavy atom. The number of phenolic OH excluding ortho intramolecular Hbond substituents is 1. The molecule has 0 aliphatic heterocycles. The van der Waals surface area contributed by atoms with Gasteiger partial charge in [0.25, 0.3) is 0 Å². The van der Waals surface area contributed by atoms with E-state index in [1.807, 2.05) is 60.7 Å². The average molecular weight is 426 g/mol. The lowest BCUT2D eigenvalue weighted by Gasteiger charge is -2.21. The number of benzene rings is 3. The van der Waals surface area contributed by atoms with E-state index >= 15 is 0 Å². The number of terminal acetylenes is 1. The van der Waals surface area contributed by atoms with E-state index < -0.39 is 11.0 Å². The van der Waals surface area contributed by atoms with Crippen molar-refractivity contribution in [2.45, 2.75) is 26.1 Å². The van der Waals surface area contributed by atoms with Crippen LogP contribution in [-0.2, 0) is 6.61 Å². The molecule has 0 radical (unpaired) electrons. The summed E-state index contributed by atoms with van der Waals surface area (Å²) in [5.74, 6) is 2.87. The van der Waals surface area contributed by atoms with Crippen LogP contribution in [0.3, 0.4) is 0 Å². The normalized spacial score (nSPS) is 11.2. The highest BCUT2D eigenvalue weighted by Gasteiger charge is 2.24. The van der Waals surface area contributed by atoms with Crippen LogP contribution in [0.2, 0.25) is 0 Å². The van der Waals surface area contributed by atoms with Crippen molar-refractivity contribution in [1.29, 1.82) is 0 Å². The first kappa shape index (κ1) is 21.1. The minimum Gasteiger partial charge on any atom is -0.508 e. The van der Waals surface area contributed by atoms with E-state index in [9.17, 15) is 9.90 Å². The lowest BCUT2D eigenvalue weighted by atomic mass is 10.1. The first-order valence-corrected chi connectivity index (χ1v) is 10.1. The van der Waals surface area contributed by atoms with Gasteiger partial charge in [-0.25, -0.2) is 0 Å². The number of hydrogen-bond acceptors (Lipinski definition) is 5. The van der Waals surface area contributed by atoms with Crippen LogP contribution in [0.4, 0.5) is 0 Å². The molecule has 0 aliphatic carbocycles. The number of ether oxygens (including phenoxy) is 2. The Hall–Kier alpha value is -4.17. The lowest BCUT2D eigenvalue weighted by molar-refractivity contribution is 0.174. The maximum absolute atomic E-state index is 13.7. The molecular formula is C27H22O5. The molecule has 1 heterocycles. The van der Waals surface area contributed by atoms with Crippen LogP contribution in [0.15, 0.2) is 82.0 Å². The Kier molecular flexibility index (Phi) is 5.61. The van der Waals surface area contributed by atoms with Crippen LogP contribution in [0.5, 0.6) is 17.2 Å². The third-order valence-corrected chi connectivity index (χ3v) is 4.88. The summed E-state index contributed by atoms with van der Waals surface area (Å²) >= 11 is 0. The third-order valence-electron chi connectivity index (χ3n) is 4.88. The van der Waals surface area contributed by atoms with Crippen LogP contribution < -0.4 is 14.9 Å². The Bertz CT molecular complexity index is 1350. The first-order chi connectivity index (χ1) is 15.4. The van der Waals surface area contributed by atoms with Gasteiger partial charge in [0.1, 0.15) is 29.1 Å². The van der Waals surface area contributed by atoms with Crippen molar-refractivity contribution in [3.05, 3.63) is 88.6 Å². The number of phenols is 1. The molecule has 0 saturated carbocycles. The quantitative estimate of drug-likeness (QED) is 0.410. The SMILES string of the molecule is C#CC(C)(C)Oc1cc(O)cc2oc(-c3ccccc3)c(OCc3ccccc3)c(=O)c12. The zero-order valence-electron chi connectivity index (χ0n) is 17.8. The molecule has 0 aliphatic rings. The molecule has 160 valence electrons. The smallest absolute Gasteiger partial charge is 0.239 e. The summed E-state index contributed by atoms with van der Waals surface area (Å²) in [6, 6.07) is 21.4. The molecule has 32 heavy (non-hydrogen) atoms. The summed E-state index contributed by atoms with van der Waals surface area (Å²) in [7, 11) is 0. The van der Waals surface area contributed by atoms with E-state index in [-0.39, 0.29) is 40.6 Å². The standard InChI is InChI=1S/C27H22O5/c1-4-27(2,3)32-22-16-20(28)15-21-23(22)24(29)26(30-17-18-11-7-5-8-12-18)25(31-21)19-13-9-6-10-14-19/h1,5-16,28H,17H2,2-3H3. The van der Waals surface area contributed by atoms with Crippen LogP contribution in [0.25, 0.3) is 22.3 Å². The van der Waals surface area contributed by atoms with E-state index in [2.05, 4.69) is 5.92 Å². The zero-order valence-corrected chi connectivity index (χ0v) is 17.8. The summed E-state index contributed by atoms with van der Waals surface area (Å²) in [4.78, 5) is 13.7. The molecule has 4 aromatic rings. The zero-order chi connectivity index (χ0) is 22.7. The fourth-order valence-corrected chi connectivity index (χ4v) is 3.28. The van der Waals surface area contributed by atoms with Gasteiger partial charge in [0.15, 0.2) is 11.4 Å². The van der Waals surface area contributed by atoms with Crippen LogP contribution in [0, 0.1) is 12.3 Å². The second-order valence-electron chi connectivity index (χ2n) is 7.80. The number of rotatable bonds is 6. The summed E-state index contributed by atoms with van der Waals surface area (Å²) in [6.45, 7) is 3.56. The van der Waals surface area contributed by atoms with Crippen molar-refractivity contribution >= 4 is 11.0 Å². The molecule has 3 aromatic carbocycles. The highest BCUT2D eigenvalue weighted by atomic mass is 16.5. The van der Waals surface area contributed by atoms with Gasteiger partial charge in [-0.05, 0) is 19.4 Å². The van der Waals surface area contributed by atoms with Crippen LogP contribution >= 0.6 is 0 Å². The Morgan fingerprint density at radius 1 is 1.03 bits per heavy atom. The van der Waals surface area contributed by atoms with Crippen LogP contribution in [-0.4, -0.2) is 10.7 Å². The Labute approximate surface area is 185 Å². The molecule has 0 fully saturated rings. The number of hydrogen-bond donors (Lipinski definition) is 1. The van der Waals surface area contributed by atoms with Gasteiger partial charge in [-0.1, -0.05) is 66.6 Å². The molecule has 0 bridgehead atoms. The van der Waals surface area contributed by atoms with Gasteiger partial charge >= 0.3 is 0 Å². The molecule has 0 atom stereocenters. The second-order valence-corrected chi connectivity index (χ2v) is 7.80. The largest absolute Gasteiger partial charge is 0.508 e. The molecule has 5 heteroatoms. The molecule has 4 rings (SSSR count). The van der Waals surface area contributed by atoms with Crippen molar-refractivity contribution in [3.63, 3.8) is 0 Å². The van der Waals surface area contributed by atoms with Crippen LogP contribution in [0.1, 0.15) is 19.4 Å². The third kappa shape index (κ3) is 4.30. The molecule has 5 nitrogen and oxygen atoms in total. The fraction of sp³-hybridized carbons (Fsp3) is 0.148. The molecule has 0 saturated heterocycles. The van der Waals surface area contributed by atoms with E-state index in [0.717, 1.165) is 5.56 Å². The van der Waals surface area contributed by atoms with E-state index in [0.29, 0.717) is 5.56 Å². The molecule has 1 aromatic heterocycles. The minimum atomic E-state index is -1.00. The maximum Gasteiger partial charge on any atom is 0.239 e. The molecule has 0 amide bonds. The number of aromatic hydroxyl groups is 1. The number of fused-ring (bicyclic) bond motifs is 1. The lowest BCUT2D eigenvalue weighted by Crippen LogP contribution is -2.26. The monoisotopic (exact) mass is 426 g/mol. The molecule has 0 spiro atoms. The summed E-state index contributed by atoms with van der Waals surface area (Å²) < 4.78 is 18.0. The topological polar surface area (TPSA) is 68.9 Å². The Morgan fingerprint density at radius 3 is 2.34 bits per heavy atom. The maximum atomic E-state index is 13.7. The van der Waals surface area contributed by atoms with Gasteiger partial charge in [-0.2, -0.15) is 0 Å². The van der Waals surface area contributed by atoms with E-state index in [1.54, 1.807) is 13.8 Å². The van der Waals surface area contributed by atoms with Crippen molar-refractivity contribution < 1.29 is 19.0 Å². The fourth-order valence-electron chi connectivity index (χ4n) is 3.28. The van der Waals surface area contributed by atoms with Gasteiger partial charge in [0.05, 0.1) is 0 Å². The molecule has 0 unspecified atom stereocenters. The van der Waals surface area contributed by atoms with Crippen molar-refractivity contribution in [3.8, 4) is 40.9 Å². The first-order valence-electron chi connectivity index (χ1n) is 10.1. The predicted octanol–water partition coefficient (Wildman–Crippen LogP) is 5.54. The van der Waals surface area contributed by atoms with Crippen molar-refractivity contribution in [1.82, 2.24) is 0 Å². The summed E-state index contributed by atoms with van der Waals surface area (Å²) in [6.07, 6.45) is 5.55. The van der Waals surface area contributed by atoms with E-state index in [1.165, 1.54) is 12.1 Å². The average Bonchev–Trinajstić information content (AvgIpc) is 2.79. The summed E-state index contributed by atoms with van der Waals surface area (Å²) in [5, 5.41) is 10.4. The Balaban J connectivity index is 1.93. The second kappa shape index (κ2) is 8.52. The highest BCUT2D eigenvalue weighted by Crippen LogP contribution is 2.37.